The molecule has 7 heteroatoms. The van der Waals surface area contributed by atoms with Gasteiger partial charge in [0.05, 0.1) is 11.8 Å². The molecule has 0 bridgehead atoms. The monoisotopic (exact) mass is 452 g/mol. The maximum absolute atomic E-state index is 13.3. The predicted octanol–water partition coefficient (Wildman–Crippen LogP) is 5.02. The SMILES string of the molecule is CC(=O)Nc1ccc(N2C(=O)C(=O)/C(=C(\O)c3cccc4ccccc34)C2c2ccco2)cc1. The van der Waals surface area contributed by atoms with Crippen LogP contribution in [0.1, 0.15) is 24.3 Å². The lowest BCUT2D eigenvalue weighted by Crippen LogP contribution is -2.29. The Balaban J connectivity index is 1.68. The number of benzene rings is 3. The van der Waals surface area contributed by atoms with Gasteiger partial charge in [-0.25, -0.2) is 0 Å². The topological polar surface area (TPSA) is 99.9 Å². The molecular weight excluding hydrogens is 432 g/mol. The van der Waals surface area contributed by atoms with E-state index in [4.69, 9.17) is 4.42 Å². The number of Topliss-reactive ketones (excluding diaryl/α,β-unsaturated/α-hetero) is 1. The van der Waals surface area contributed by atoms with Gasteiger partial charge in [-0.2, -0.15) is 0 Å². The summed E-state index contributed by atoms with van der Waals surface area (Å²) in [5.41, 5.74) is 1.38. The molecule has 3 aromatic carbocycles. The molecule has 34 heavy (non-hydrogen) atoms. The molecule has 0 spiro atoms. The van der Waals surface area contributed by atoms with Gasteiger partial charge in [0.1, 0.15) is 17.6 Å². The molecule has 2 N–H and O–H groups in total. The van der Waals surface area contributed by atoms with Crippen molar-refractivity contribution in [3.05, 3.63) is 102 Å². The first-order valence-corrected chi connectivity index (χ1v) is 10.7. The Bertz CT molecular complexity index is 1450. The highest BCUT2D eigenvalue weighted by atomic mass is 16.3. The zero-order chi connectivity index (χ0) is 23.8. The fourth-order valence-electron chi connectivity index (χ4n) is 4.30. The number of carbonyl (C=O) groups excluding carboxylic acids is 3. The highest BCUT2D eigenvalue weighted by molar-refractivity contribution is 6.51. The summed E-state index contributed by atoms with van der Waals surface area (Å²) >= 11 is 0. The summed E-state index contributed by atoms with van der Waals surface area (Å²) in [4.78, 5) is 39.1. The second-order valence-electron chi connectivity index (χ2n) is 7.94. The summed E-state index contributed by atoms with van der Waals surface area (Å²) in [6.07, 6.45) is 1.45. The first kappa shape index (κ1) is 21.2. The van der Waals surface area contributed by atoms with E-state index in [1.54, 1.807) is 48.5 Å². The third-order valence-corrected chi connectivity index (χ3v) is 5.77. The lowest BCUT2D eigenvalue weighted by atomic mass is 9.96. The molecule has 1 atom stereocenters. The fraction of sp³-hybridized carbons (Fsp3) is 0.0741. The number of aliphatic hydroxyl groups is 1. The zero-order valence-electron chi connectivity index (χ0n) is 18.2. The van der Waals surface area contributed by atoms with Crippen LogP contribution < -0.4 is 10.2 Å². The van der Waals surface area contributed by atoms with Gasteiger partial charge in [0.2, 0.25) is 5.91 Å². The van der Waals surface area contributed by atoms with Crippen LogP contribution in [0.15, 0.2) is 95.1 Å². The summed E-state index contributed by atoms with van der Waals surface area (Å²) < 4.78 is 5.60. The number of ketones is 1. The van der Waals surface area contributed by atoms with Crippen LogP contribution in [0, 0.1) is 0 Å². The van der Waals surface area contributed by atoms with Gasteiger partial charge >= 0.3 is 0 Å². The molecule has 1 aromatic heterocycles. The van der Waals surface area contributed by atoms with E-state index in [9.17, 15) is 19.5 Å². The first-order valence-electron chi connectivity index (χ1n) is 10.7. The third kappa shape index (κ3) is 3.53. The molecule has 1 saturated heterocycles. The summed E-state index contributed by atoms with van der Waals surface area (Å²) in [6.45, 7) is 1.40. The number of aliphatic hydroxyl groups excluding tert-OH is 1. The summed E-state index contributed by atoms with van der Waals surface area (Å²) in [7, 11) is 0. The number of fused-ring (bicyclic) bond motifs is 1. The number of nitrogens with zero attached hydrogens (tertiary/aromatic N) is 1. The minimum atomic E-state index is -0.958. The number of amides is 2. The average Bonchev–Trinajstić information content (AvgIpc) is 3.45. The van der Waals surface area contributed by atoms with E-state index in [1.165, 1.54) is 18.1 Å². The molecule has 0 radical (unpaired) electrons. The minimum Gasteiger partial charge on any atom is -0.507 e. The van der Waals surface area contributed by atoms with Gasteiger partial charge in [-0.05, 0) is 47.2 Å². The van der Waals surface area contributed by atoms with E-state index in [-0.39, 0.29) is 17.2 Å². The van der Waals surface area contributed by atoms with Crippen molar-refractivity contribution in [2.45, 2.75) is 13.0 Å². The molecule has 0 saturated carbocycles. The largest absolute Gasteiger partial charge is 0.507 e. The van der Waals surface area contributed by atoms with Crippen LogP contribution >= 0.6 is 0 Å². The Hall–Kier alpha value is -4.65. The van der Waals surface area contributed by atoms with Gasteiger partial charge in [-0.3, -0.25) is 19.3 Å². The number of carbonyl (C=O) groups is 3. The maximum Gasteiger partial charge on any atom is 0.300 e. The smallest absolute Gasteiger partial charge is 0.300 e. The van der Waals surface area contributed by atoms with Crippen LogP contribution in [-0.4, -0.2) is 22.7 Å². The van der Waals surface area contributed by atoms with Crippen molar-refractivity contribution < 1.29 is 23.9 Å². The van der Waals surface area contributed by atoms with Crippen LogP contribution in [0.3, 0.4) is 0 Å². The van der Waals surface area contributed by atoms with Gasteiger partial charge in [0, 0.05) is 23.9 Å². The number of furan rings is 1. The van der Waals surface area contributed by atoms with E-state index < -0.39 is 17.7 Å². The summed E-state index contributed by atoms with van der Waals surface area (Å²) in [5, 5.41) is 15.7. The standard InChI is InChI=1S/C27H20N2O5/c1-16(30)28-18-11-13-19(14-12-18)29-24(22-10-5-15-34-22)23(26(32)27(29)33)25(31)21-9-4-7-17-6-2-3-8-20(17)21/h2-15,24,31H,1H3,(H,28,30)/b25-23-. The number of rotatable bonds is 4. The average molecular weight is 452 g/mol. The van der Waals surface area contributed by atoms with Crippen LogP contribution in [0.2, 0.25) is 0 Å². The van der Waals surface area contributed by atoms with Crippen molar-refractivity contribution in [2.75, 3.05) is 10.2 Å². The molecule has 0 aliphatic carbocycles. The fourth-order valence-corrected chi connectivity index (χ4v) is 4.30. The van der Waals surface area contributed by atoms with E-state index in [1.807, 2.05) is 30.3 Å². The van der Waals surface area contributed by atoms with Crippen molar-refractivity contribution in [3.63, 3.8) is 0 Å². The molecular formula is C27H20N2O5. The molecule has 1 aliphatic rings. The highest BCUT2D eigenvalue weighted by Gasteiger charge is 2.48. The third-order valence-electron chi connectivity index (χ3n) is 5.77. The van der Waals surface area contributed by atoms with Crippen molar-refractivity contribution >= 4 is 45.5 Å². The van der Waals surface area contributed by atoms with E-state index in [2.05, 4.69) is 5.32 Å². The minimum absolute atomic E-state index is 0.0535. The zero-order valence-corrected chi connectivity index (χ0v) is 18.2. The van der Waals surface area contributed by atoms with Gasteiger partial charge in [-0.1, -0.05) is 42.5 Å². The Morgan fingerprint density at radius 1 is 0.941 bits per heavy atom. The Labute approximate surface area is 194 Å². The predicted molar refractivity (Wildman–Crippen MR) is 128 cm³/mol. The first-order chi connectivity index (χ1) is 16.5. The van der Waals surface area contributed by atoms with Crippen LogP contribution in [0.5, 0.6) is 0 Å². The Morgan fingerprint density at radius 2 is 1.68 bits per heavy atom. The molecule has 168 valence electrons. The van der Waals surface area contributed by atoms with Crippen LogP contribution in [-0.2, 0) is 14.4 Å². The summed E-state index contributed by atoms with van der Waals surface area (Å²) in [6, 6.07) is 21.8. The number of anilines is 2. The number of nitrogens with one attached hydrogen (secondary N) is 1. The molecule has 4 aromatic rings. The Morgan fingerprint density at radius 3 is 2.38 bits per heavy atom. The molecule has 5 rings (SSSR count). The van der Waals surface area contributed by atoms with E-state index >= 15 is 0 Å². The van der Waals surface area contributed by atoms with Crippen molar-refractivity contribution in [2.24, 2.45) is 0 Å². The van der Waals surface area contributed by atoms with Crippen molar-refractivity contribution in [1.29, 1.82) is 0 Å². The maximum atomic E-state index is 13.3. The lowest BCUT2D eigenvalue weighted by Gasteiger charge is -2.23. The van der Waals surface area contributed by atoms with E-state index in [0.717, 1.165) is 10.8 Å². The van der Waals surface area contributed by atoms with Gasteiger partial charge in [0.25, 0.3) is 11.7 Å². The molecule has 1 fully saturated rings. The normalized spacial score (nSPS) is 17.3. The quantitative estimate of drug-likeness (QED) is 0.257. The Kier molecular flexibility index (Phi) is 5.22. The number of hydrogen-bond acceptors (Lipinski definition) is 5. The van der Waals surface area contributed by atoms with Crippen LogP contribution in [0.4, 0.5) is 11.4 Å². The molecule has 1 aliphatic heterocycles. The van der Waals surface area contributed by atoms with Gasteiger partial charge in [0.15, 0.2) is 0 Å². The second kappa shape index (κ2) is 8.37. The summed E-state index contributed by atoms with van der Waals surface area (Å²) in [5.74, 6) is -1.74. The van der Waals surface area contributed by atoms with Gasteiger partial charge < -0.3 is 14.8 Å². The highest BCUT2D eigenvalue weighted by Crippen LogP contribution is 2.43. The van der Waals surface area contributed by atoms with E-state index in [0.29, 0.717) is 22.7 Å². The number of hydrogen-bond donors (Lipinski definition) is 2. The lowest BCUT2D eigenvalue weighted by molar-refractivity contribution is -0.132. The molecule has 7 nitrogen and oxygen atoms in total. The van der Waals surface area contributed by atoms with Gasteiger partial charge in [-0.15, -0.1) is 0 Å². The molecule has 2 heterocycles. The van der Waals surface area contributed by atoms with Crippen molar-refractivity contribution in [1.82, 2.24) is 0 Å². The van der Waals surface area contributed by atoms with Crippen molar-refractivity contribution in [3.8, 4) is 0 Å². The van der Waals surface area contributed by atoms with Crippen LogP contribution in [0.25, 0.3) is 16.5 Å². The molecule has 1 unspecified atom stereocenters. The second-order valence-corrected chi connectivity index (χ2v) is 7.94. The molecule has 2 amide bonds.